The highest BCUT2D eigenvalue weighted by Crippen LogP contribution is 2.20. The summed E-state index contributed by atoms with van der Waals surface area (Å²) >= 11 is 3.31. The molecule has 1 rings (SSSR count). The van der Waals surface area contributed by atoms with Gasteiger partial charge in [0.15, 0.2) is 0 Å². The molecule has 1 atom stereocenters. The summed E-state index contributed by atoms with van der Waals surface area (Å²) in [5, 5.41) is 2.90. The van der Waals surface area contributed by atoms with Crippen LogP contribution in [0.15, 0.2) is 22.7 Å². The molecule has 0 saturated carbocycles. The summed E-state index contributed by atoms with van der Waals surface area (Å²) in [4.78, 5) is 14.2. The molecule has 0 aliphatic rings. The fourth-order valence-electron chi connectivity index (χ4n) is 1.66. The van der Waals surface area contributed by atoms with E-state index in [9.17, 15) is 4.79 Å². The highest BCUT2D eigenvalue weighted by atomic mass is 79.9. The molecule has 0 saturated heterocycles. The van der Waals surface area contributed by atoms with Crippen molar-refractivity contribution in [3.63, 3.8) is 0 Å². The number of rotatable bonds is 6. The molecule has 0 bridgehead atoms. The van der Waals surface area contributed by atoms with Crippen LogP contribution < -0.4 is 11.1 Å². The van der Waals surface area contributed by atoms with Crippen molar-refractivity contribution in [2.24, 2.45) is 0 Å². The Morgan fingerprint density at radius 2 is 2.21 bits per heavy atom. The van der Waals surface area contributed by atoms with E-state index in [-0.39, 0.29) is 5.91 Å². The number of amides is 1. The molecular formula is C14H22BrN3O. The Kier molecular flexibility index (Phi) is 6.31. The largest absolute Gasteiger partial charge is 0.398 e. The normalized spacial score (nSPS) is 12.5. The van der Waals surface area contributed by atoms with Crippen LogP contribution in [0.5, 0.6) is 0 Å². The van der Waals surface area contributed by atoms with Gasteiger partial charge in [0.1, 0.15) is 0 Å². The molecule has 1 unspecified atom stereocenters. The van der Waals surface area contributed by atoms with Gasteiger partial charge in [0.25, 0.3) is 5.91 Å². The van der Waals surface area contributed by atoms with Crippen molar-refractivity contribution >= 4 is 27.5 Å². The molecule has 3 N–H and O–H groups in total. The van der Waals surface area contributed by atoms with Crippen LogP contribution in [-0.2, 0) is 0 Å². The number of nitrogens with two attached hydrogens (primary N) is 1. The maximum Gasteiger partial charge on any atom is 0.251 e. The number of nitrogens with one attached hydrogen (secondary N) is 1. The summed E-state index contributed by atoms with van der Waals surface area (Å²) in [6.45, 7) is 5.81. The molecule has 0 spiro atoms. The number of halogens is 1. The molecule has 0 fully saturated rings. The first-order chi connectivity index (χ1) is 8.95. The average Bonchev–Trinajstić information content (AvgIpc) is 2.40. The number of carbonyl (C=O) groups excluding carboxylic acids is 1. The number of likely N-dealkylation sites (N-methyl/N-ethyl adjacent to an activating group) is 1. The lowest BCUT2D eigenvalue weighted by atomic mass is 10.2. The van der Waals surface area contributed by atoms with E-state index >= 15 is 0 Å². The zero-order valence-corrected chi connectivity index (χ0v) is 13.3. The van der Waals surface area contributed by atoms with Crippen LogP contribution in [0.1, 0.15) is 30.6 Å². The summed E-state index contributed by atoms with van der Waals surface area (Å²) < 4.78 is 0.806. The van der Waals surface area contributed by atoms with Crippen molar-refractivity contribution < 1.29 is 4.79 Å². The zero-order chi connectivity index (χ0) is 14.4. The summed E-state index contributed by atoms with van der Waals surface area (Å²) in [6.07, 6.45) is 1.10. The average molecular weight is 328 g/mol. The van der Waals surface area contributed by atoms with E-state index in [0.717, 1.165) is 17.4 Å². The second kappa shape index (κ2) is 7.50. The number of hydrogen-bond acceptors (Lipinski definition) is 3. The Morgan fingerprint density at radius 3 is 2.79 bits per heavy atom. The standard InChI is InChI=1S/C14H22BrN3O/c1-4-10(2)18(3)8-7-17-14(19)11-5-6-12(15)13(16)9-11/h5-6,9-10H,4,7-8,16H2,1-3H3,(H,17,19). The van der Waals surface area contributed by atoms with Gasteiger partial charge in [0, 0.05) is 34.9 Å². The lowest BCUT2D eigenvalue weighted by Gasteiger charge is -2.23. The Hall–Kier alpha value is -1.07. The van der Waals surface area contributed by atoms with E-state index in [0.29, 0.717) is 23.8 Å². The molecule has 0 aliphatic carbocycles. The molecule has 4 nitrogen and oxygen atoms in total. The molecule has 0 heterocycles. The number of nitrogens with zero attached hydrogens (tertiary/aromatic N) is 1. The minimum absolute atomic E-state index is 0.0863. The maximum absolute atomic E-state index is 11.9. The van der Waals surface area contributed by atoms with Crippen LogP contribution in [-0.4, -0.2) is 37.0 Å². The first-order valence-corrected chi connectivity index (χ1v) is 7.28. The predicted octanol–water partition coefficient (Wildman–Crippen LogP) is 2.49. The smallest absolute Gasteiger partial charge is 0.251 e. The first kappa shape index (κ1) is 16.0. The highest BCUT2D eigenvalue weighted by Gasteiger charge is 2.09. The van der Waals surface area contributed by atoms with Gasteiger partial charge in [0.05, 0.1) is 0 Å². The lowest BCUT2D eigenvalue weighted by molar-refractivity contribution is 0.0947. The van der Waals surface area contributed by atoms with E-state index in [1.165, 1.54) is 0 Å². The maximum atomic E-state index is 11.9. The molecule has 1 aromatic rings. The Labute approximate surface area is 123 Å². The van der Waals surface area contributed by atoms with Crippen LogP contribution in [0.2, 0.25) is 0 Å². The van der Waals surface area contributed by atoms with Crippen molar-refractivity contribution in [2.75, 3.05) is 25.9 Å². The number of anilines is 1. The van der Waals surface area contributed by atoms with Crippen molar-refractivity contribution in [3.8, 4) is 0 Å². The second-order valence-electron chi connectivity index (χ2n) is 4.73. The summed E-state index contributed by atoms with van der Waals surface area (Å²) in [7, 11) is 2.07. The number of nitrogen functional groups attached to an aromatic ring is 1. The van der Waals surface area contributed by atoms with Crippen molar-refractivity contribution in [1.82, 2.24) is 10.2 Å². The van der Waals surface area contributed by atoms with Crippen molar-refractivity contribution in [2.45, 2.75) is 26.3 Å². The molecule has 106 valence electrons. The van der Waals surface area contributed by atoms with E-state index in [1.54, 1.807) is 18.2 Å². The number of carbonyl (C=O) groups is 1. The third-order valence-corrected chi connectivity index (χ3v) is 4.07. The van der Waals surface area contributed by atoms with Gasteiger partial charge in [-0.1, -0.05) is 6.92 Å². The van der Waals surface area contributed by atoms with Crippen LogP contribution in [0.25, 0.3) is 0 Å². The van der Waals surface area contributed by atoms with Crippen molar-refractivity contribution in [1.29, 1.82) is 0 Å². The van der Waals surface area contributed by atoms with E-state index in [2.05, 4.69) is 47.0 Å². The predicted molar refractivity (Wildman–Crippen MR) is 83.3 cm³/mol. The quantitative estimate of drug-likeness (QED) is 0.789. The fourth-order valence-corrected chi connectivity index (χ4v) is 1.91. The molecule has 0 radical (unpaired) electrons. The topological polar surface area (TPSA) is 58.4 Å². The second-order valence-corrected chi connectivity index (χ2v) is 5.58. The Morgan fingerprint density at radius 1 is 1.53 bits per heavy atom. The molecule has 0 aliphatic heterocycles. The molecule has 1 amide bonds. The third-order valence-electron chi connectivity index (χ3n) is 3.35. The molecular weight excluding hydrogens is 306 g/mol. The third kappa shape index (κ3) is 4.84. The summed E-state index contributed by atoms with van der Waals surface area (Å²) in [5.41, 5.74) is 6.92. The molecule has 1 aromatic carbocycles. The molecule has 5 heteroatoms. The zero-order valence-electron chi connectivity index (χ0n) is 11.7. The van der Waals surface area contributed by atoms with E-state index in [1.807, 2.05) is 0 Å². The molecule has 0 aromatic heterocycles. The van der Waals surface area contributed by atoms with E-state index in [4.69, 9.17) is 5.73 Å². The Bertz CT molecular complexity index is 437. The highest BCUT2D eigenvalue weighted by molar-refractivity contribution is 9.10. The van der Waals surface area contributed by atoms with Crippen LogP contribution in [0, 0.1) is 0 Å². The van der Waals surface area contributed by atoms with Gasteiger partial charge in [-0.15, -0.1) is 0 Å². The van der Waals surface area contributed by atoms with E-state index < -0.39 is 0 Å². The first-order valence-electron chi connectivity index (χ1n) is 6.49. The number of benzene rings is 1. The van der Waals surface area contributed by atoms with Gasteiger partial charge >= 0.3 is 0 Å². The number of hydrogen-bond donors (Lipinski definition) is 2. The van der Waals surface area contributed by atoms with Gasteiger partial charge in [-0.05, 0) is 54.5 Å². The minimum atomic E-state index is -0.0863. The van der Waals surface area contributed by atoms with Crippen LogP contribution in [0.3, 0.4) is 0 Å². The van der Waals surface area contributed by atoms with Crippen LogP contribution >= 0.6 is 15.9 Å². The minimum Gasteiger partial charge on any atom is -0.398 e. The summed E-state index contributed by atoms with van der Waals surface area (Å²) in [6, 6.07) is 5.75. The monoisotopic (exact) mass is 327 g/mol. The lowest BCUT2D eigenvalue weighted by Crippen LogP contribution is -2.37. The van der Waals surface area contributed by atoms with Gasteiger partial charge in [0.2, 0.25) is 0 Å². The van der Waals surface area contributed by atoms with Crippen LogP contribution in [0.4, 0.5) is 5.69 Å². The van der Waals surface area contributed by atoms with Gasteiger partial charge in [-0.2, -0.15) is 0 Å². The van der Waals surface area contributed by atoms with Gasteiger partial charge in [-0.3, -0.25) is 4.79 Å². The fraction of sp³-hybridized carbons (Fsp3) is 0.500. The van der Waals surface area contributed by atoms with Crippen molar-refractivity contribution in [3.05, 3.63) is 28.2 Å². The Balaban J connectivity index is 2.45. The van der Waals surface area contributed by atoms with Gasteiger partial charge in [-0.25, -0.2) is 0 Å². The molecule has 19 heavy (non-hydrogen) atoms. The summed E-state index contributed by atoms with van der Waals surface area (Å²) in [5.74, 6) is -0.0863. The van der Waals surface area contributed by atoms with Gasteiger partial charge < -0.3 is 16.0 Å². The SMILES string of the molecule is CCC(C)N(C)CCNC(=O)c1ccc(Br)c(N)c1.